The molecule has 0 heterocycles. The van der Waals surface area contributed by atoms with Gasteiger partial charge in [-0.05, 0) is 46.7 Å². The van der Waals surface area contributed by atoms with Crippen LogP contribution in [-0.2, 0) is 4.79 Å². The molecule has 0 atom stereocenters. The molecule has 3 rings (SSSR count). The highest BCUT2D eigenvalue weighted by Gasteiger charge is 2.38. The Bertz CT molecular complexity index is 1090. The minimum absolute atomic E-state index is 0.188. The average Bonchev–Trinajstić information content (AvgIpc) is 2.74. The molecule has 0 fully saturated rings. The zero-order chi connectivity index (χ0) is 23.0. The number of rotatable bonds is 3. The molecule has 31 heavy (non-hydrogen) atoms. The van der Waals surface area contributed by atoms with Crippen molar-refractivity contribution in [2.24, 2.45) is 10.9 Å². The largest absolute Gasteiger partial charge is 0.490 e. The number of aliphatic carboxylic acids is 1. The molecule has 7 nitrogen and oxygen atoms in total. The Morgan fingerprint density at radius 1 is 1.03 bits per heavy atom. The number of halogens is 3. The van der Waals surface area contributed by atoms with E-state index in [0.29, 0.717) is 0 Å². The van der Waals surface area contributed by atoms with E-state index in [0.717, 1.165) is 27.7 Å². The number of hydrogen-bond donors (Lipinski definition) is 3. The van der Waals surface area contributed by atoms with Gasteiger partial charge in [-0.1, -0.05) is 36.4 Å². The van der Waals surface area contributed by atoms with Crippen LogP contribution in [0.15, 0.2) is 71.8 Å². The number of carboxylic acid groups (broad SMARTS) is 1. The quantitative estimate of drug-likeness (QED) is 0.323. The third-order valence-corrected chi connectivity index (χ3v) is 4.03. The van der Waals surface area contributed by atoms with Gasteiger partial charge < -0.3 is 16.3 Å². The highest BCUT2D eigenvalue weighted by atomic mass is 19.4. The number of hydrogen-bond acceptors (Lipinski definition) is 4. The number of urea groups is 1. The number of alkyl halides is 3. The third kappa shape index (κ3) is 6.74. The van der Waals surface area contributed by atoms with Gasteiger partial charge in [-0.15, -0.1) is 0 Å². The standard InChI is InChI=1S/C19H18N4O.C2HF3O2/c1-23(18-5-3-2-4-6-18)19(24)22-17-10-9-15-11-14(13-21-20)7-8-16(15)12-17;3-2(4,5)1(6)7/h2-13H,20H2,1H3,(H,22,24);(H,6,7). The Morgan fingerprint density at radius 3 is 2.19 bits per heavy atom. The smallest absolute Gasteiger partial charge is 0.475 e. The topological polar surface area (TPSA) is 108 Å². The van der Waals surface area contributed by atoms with Crippen molar-refractivity contribution in [3.05, 3.63) is 72.3 Å². The van der Waals surface area contributed by atoms with E-state index >= 15 is 0 Å². The van der Waals surface area contributed by atoms with Gasteiger partial charge in [0, 0.05) is 18.4 Å². The van der Waals surface area contributed by atoms with Crippen LogP contribution in [-0.4, -0.2) is 36.5 Å². The molecule has 4 N–H and O–H groups in total. The number of anilines is 2. The first-order valence-electron chi connectivity index (χ1n) is 8.79. The lowest BCUT2D eigenvalue weighted by molar-refractivity contribution is -0.192. The van der Waals surface area contributed by atoms with Gasteiger partial charge in [0.05, 0.1) is 6.21 Å². The Morgan fingerprint density at radius 2 is 1.61 bits per heavy atom. The molecule has 0 aliphatic rings. The highest BCUT2D eigenvalue weighted by Crippen LogP contribution is 2.21. The molecule has 2 amide bonds. The molecule has 0 saturated heterocycles. The summed E-state index contributed by atoms with van der Waals surface area (Å²) in [6.45, 7) is 0. The van der Waals surface area contributed by atoms with E-state index in [-0.39, 0.29) is 6.03 Å². The molecule has 0 radical (unpaired) electrons. The summed E-state index contributed by atoms with van der Waals surface area (Å²) < 4.78 is 31.7. The van der Waals surface area contributed by atoms with Crippen molar-refractivity contribution >= 4 is 40.4 Å². The van der Waals surface area contributed by atoms with Gasteiger partial charge in [0.25, 0.3) is 0 Å². The number of benzene rings is 3. The van der Waals surface area contributed by atoms with Crippen molar-refractivity contribution in [3.8, 4) is 0 Å². The first kappa shape index (κ1) is 23.2. The fourth-order valence-electron chi connectivity index (χ4n) is 2.48. The van der Waals surface area contributed by atoms with E-state index in [4.69, 9.17) is 15.7 Å². The summed E-state index contributed by atoms with van der Waals surface area (Å²) in [4.78, 5) is 22.8. The van der Waals surface area contributed by atoms with E-state index in [1.807, 2.05) is 66.7 Å². The molecule has 0 aliphatic carbocycles. The second kappa shape index (κ2) is 10.1. The van der Waals surface area contributed by atoms with Crippen molar-refractivity contribution in [2.45, 2.75) is 6.18 Å². The molecule has 162 valence electrons. The van der Waals surface area contributed by atoms with Crippen molar-refractivity contribution in [1.29, 1.82) is 0 Å². The molecule has 0 spiro atoms. The molecule has 0 unspecified atom stereocenters. The Labute approximate surface area is 175 Å². The zero-order valence-corrected chi connectivity index (χ0v) is 16.3. The maximum Gasteiger partial charge on any atom is 0.490 e. The second-order valence-electron chi connectivity index (χ2n) is 6.23. The van der Waals surface area contributed by atoms with Crippen LogP contribution < -0.4 is 16.1 Å². The summed E-state index contributed by atoms with van der Waals surface area (Å²) in [5.41, 5.74) is 2.52. The van der Waals surface area contributed by atoms with Crippen molar-refractivity contribution < 1.29 is 27.9 Å². The minimum atomic E-state index is -5.08. The SMILES string of the molecule is CN(C(=O)Nc1ccc2cc(C=NN)ccc2c1)c1ccccc1.O=C(O)C(F)(F)F. The number of para-hydroxylation sites is 1. The molecule has 3 aromatic carbocycles. The van der Waals surface area contributed by atoms with E-state index in [1.165, 1.54) is 0 Å². The maximum atomic E-state index is 12.4. The lowest BCUT2D eigenvalue weighted by Gasteiger charge is -2.18. The number of nitrogens with one attached hydrogen (secondary N) is 1. The van der Waals surface area contributed by atoms with E-state index < -0.39 is 12.1 Å². The Balaban J connectivity index is 0.000000423. The fourth-order valence-corrected chi connectivity index (χ4v) is 2.48. The number of carbonyl (C=O) groups is 2. The molecular weight excluding hydrogens is 413 g/mol. The van der Waals surface area contributed by atoms with Gasteiger partial charge in [0.15, 0.2) is 0 Å². The minimum Gasteiger partial charge on any atom is -0.475 e. The van der Waals surface area contributed by atoms with E-state index in [1.54, 1.807) is 18.2 Å². The van der Waals surface area contributed by atoms with Crippen LogP contribution >= 0.6 is 0 Å². The van der Waals surface area contributed by atoms with Gasteiger partial charge in [-0.25, -0.2) is 9.59 Å². The van der Waals surface area contributed by atoms with E-state index in [9.17, 15) is 18.0 Å². The molecule has 3 aromatic rings. The monoisotopic (exact) mass is 432 g/mol. The van der Waals surface area contributed by atoms with Gasteiger partial charge in [0.2, 0.25) is 0 Å². The van der Waals surface area contributed by atoms with Gasteiger partial charge in [-0.3, -0.25) is 4.90 Å². The van der Waals surface area contributed by atoms with Gasteiger partial charge in [-0.2, -0.15) is 18.3 Å². The lowest BCUT2D eigenvalue weighted by atomic mass is 10.1. The second-order valence-corrected chi connectivity index (χ2v) is 6.23. The van der Waals surface area contributed by atoms with Crippen LogP contribution in [0.25, 0.3) is 10.8 Å². The molecule has 10 heteroatoms. The van der Waals surface area contributed by atoms with Crippen molar-refractivity contribution in [1.82, 2.24) is 0 Å². The first-order valence-corrected chi connectivity index (χ1v) is 8.79. The molecular formula is C21H19F3N4O3. The van der Waals surface area contributed by atoms with Gasteiger partial charge in [0.1, 0.15) is 0 Å². The predicted octanol–water partition coefficient (Wildman–Crippen LogP) is 4.43. The normalized spacial score (nSPS) is 11.0. The molecule has 0 bridgehead atoms. The number of amides is 2. The molecule has 0 aromatic heterocycles. The van der Waals surface area contributed by atoms with Crippen LogP contribution in [0.3, 0.4) is 0 Å². The maximum absolute atomic E-state index is 12.4. The number of nitrogens with two attached hydrogens (primary N) is 1. The number of nitrogens with zero attached hydrogens (tertiary/aromatic N) is 2. The third-order valence-electron chi connectivity index (χ3n) is 4.03. The van der Waals surface area contributed by atoms with Crippen LogP contribution in [0.1, 0.15) is 5.56 Å². The van der Waals surface area contributed by atoms with Gasteiger partial charge >= 0.3 is 18.2 Å². The predicted molar refractivity (Wildman–Crippen MR) is 113 cm³/mol. The summed E-state index contributed by atoms with van der Waals surface area (Å²) in [6.07, 6.45) is -3.48. The summed E-state index contributed by atoms with van der Waals surface area (Å²) >= 11 is 0. The van der Waals surface area contributed by atoms with E-state index in [2.05, 4.69) is 10.4 Å². The first-order chi connectivity index (χ1) is 14.6. The Hall–Kier alpha value is -4.08. The lowest BCUT2D eigenvalue weighted by Crippen LogP contribution is -2.31. The highest BCUT2D eigenvalue weighted by molar-refractivity contribution is 6.02. The zero-order valence-electron chi connectivity index (χ0n) is 16.3. The molecule has 0 saturated carbocycles. The summed E-state index contributed by atoms with van der Waals surface area (Å²) in [7, 11) is 1.74. The molecule has 0 aliphatic heterocycles. The van der Waals surface area contributed by atoms with Crippen LogP contribution in [0.5, 0.6) is 0 Å². The summed E-state index contributed by atoms with van der Waals surface area (Å²) in [6, 6.07) is 21.0. The van der Waals surface area contributed by atoms with Crippen LogP contribution in [0.4, 0.5) is 29.3 Å². The number of carbonyl (C=O) groups excluding carboxylic acids is 1. The summed E-state index contributed by atoms with van der Waals surface area (Å²) in [5, 5.41) is 15.7. The Kier molecular flexibility index (Phi) is 7.56. The number of hydrazone groups is 1. The summed E-state index contributed by atoms with van der Waals surface area (Å²) in [5.74, 6) is 2.42. The van der Waals surface area contributed by atoms with Crippen molar-refractivity contribution in [2.75, 3.05) is 17.3 Å². The van der Waals surface area contributed by atoms with Crippen LogP contribution in [0, 0.1) is 0 Å². The average molecular weight is 432 g/mol. The number of fused-ring (bicyclic) bond motifs is 1. The van der Waals surface area contributed by atoms with Crippen molar-refractivity contribution in [3.63, 3.8) is 0 Å². The number of carboxylic acids is 1. The fraction of sp³-hybridized carbons (Fsp3) is 0.0952. The van der Waals surface area contributed by atoms with Crippen LogP contribution in [0.2, 0.25) is 0 Å².